The number of nitrogens with one attached hydrogen (secondary N) is 1. The Hall–Kier alpha value is -1.38. The Morgan fingerprint density at radius 1 is 1.41 bits per heavy atom. The van der Waals surface area contributed by atoms with Crippen LogP contribution in [0.3, 0.4) is 0 Å². The van der Waals surface area contributed by atoms with Crippen molar-refractivity contribution in [2.75, 3.05) is 27.2 Å². The van der Waals surface area contributed by atoms with Crippen LogP contribution in [0.5, 0.6) is 0 Å². The highest BCUT2D eigenvalue weighted by Crippen LogP contribution is 2.33. The fourth-order valence-corrected chi connectivity index (χ4v) is 5.06. The van der Waals surface area contributed by atoms with E-state index < -0.39 is 16.0 Å². The van der Waals surface area contributed by atoms with Gasteiger partial charge < -0.3 is 14.5 Å². The third-order valence-electron chi connectivity index (χ3n) is 3.92. The zero-order valence-electron chi connectivity index (χ0n) is 13.3. The fourth-order valence-electron chi connectivity index (χ4n) is 2.99. The predicted octanol–water partition coefficient (Wildman–Crippen LogP) is 1.06. The summed E-state index contributed by atoms with van der Waals surface area (Å²) in [4.78, 5) is 11.9. The summed E-state index contributed by atoms with van der Waals surface area (Å²) >= 11 is 0. The second-order valence-electron chi connectivity index (χ2n) is 5.38. The zero-order valence-corrected chi connectivity index (χ0v) is 14.1. The topological polar surface area (TPSA) is 88.9 Å². The average molecular weight is 330 g/mol. The summed E-state index contributed by atoms with van der Waals surface area (Å²) in [5.41, 5.74) is -0.00453. The number of methoxy groups -OCH3 is 1. The third-order valence-corrected chi connectivity index (χ3v) is 6.03. The molecule has 22 heavy (non-hydrogen) atoms. The molecule has 7 nitrogen and oxygen atoms in total. The number of ether oxygens (including phenoxy) is 1. The van der Waals surface area contributed by atoms with Gasteiger partial charge in [-0.25, -0.2) is 13.2 Å². The van der Waals surface area contributed by atoms with Crippen LogP contribution in [-0.4, -0.2) is 52.0 Å². The lowest BCUT2D eigenvalue weighted by molar-refractivity contribution is 0.0594. The average Bonchev–Trinajstić information content (AvgIpc) is 3.03. The monoisotopic (exact) mass is 330 g/mol. The first-order valence-corrected chi connectivity index (χ1v) is 8.63. The highest BCUT2D eigenvalue weighted by molar-refractivity contribution is 7.89. The largest absolute Gasteiger partial charge is 0.465 e. The molecule has 1 unspecified atom stereocenters. The molecule has 1 aromatic rings. The minimum Gasteiger partial charge on any atom is -0.465 e. The molecular formula is C14H22N2O5S. The first-order chi connectivity index (χ1) is 10.3. The molecule has 0 bridgehead atoms. The van der Waals surface area contributed by atoms with Gasteiger partial charge in [0, 0.05) is 19.1 Å². The van der Waals surface area contributed by atoms with Crippen LogP contribution in [0, 0.1) is 13.8 Å². The van der Waals surface area contributed by atoms with Gasteiger partial charge in [-0.15, -0.1) is 0 Å². The molecule has 2 heterocycles. The maximum Gasteiger partial charge on any atom is 0.342 e. The van der Waals surface area contributed by atoms with Crippen LogP contribution in [0.2, 0.25) is 0 Å². The molecule has 0 spiro atoms. The van der Waals surface area contributed by atoms with Crippen molar-refractivity contribution in [3.05, 3.63) is 17.1 Å². The van der Waals surface area contributed by atoms with Gasteiger partial charge >= 0.3 is 5.97 Å². The van der Waals surface area contributed by atoms with Crippen LogP contribution >= 0.6 is 0 Å². The molecule has 0 aliphatic carbocycles. The molecule has 2 rings (SSSR count). The Morgan fingerprint density at radius 2 is 2.09 bits per heavy atom. The maximum absolute atomic E-state index is 13.0. The Labute approximate surface area is 130 Å². The number of rotatable bonds is 5. The lowest BCUT2D eigenvalue weighted by Crippen LogP contribution is -2.41. The summed E-state index contributed by atoms with van der Waals surface area (Å²) in [6.07, 6.45) is 1.60. The number of furan rings is 1. The van der Waals surface area contributed by atoms with E-state index in [0.29, 0.717) is 13.1 Å². The molecule has 0 amide bonds. The quantitative estimate of drug-likeness (QED) is 0.812. The molecule has 1 saturated heterocycles. The summed E-state index contributed by atoms with van der Waals surface area (Å²) in [6.45, 7) is 4.13. The van der Waals surface area contributed by atoms with Gasteiger partial charge in [-0.3, -0.25) is 0 Å². The van der Waals surface area contributed by atoms with E-state index in [-0.39, 0.29) is 28.0 Å². The number of esters is 1. The highest BCUT2D eigenvalue weighted by Gasteiger charge is 2.40. The zero-order chi connectivity index (χ0) is 16.5. The second kappa shape index (κ2) is 6.39. The summed E-state index contributed by atoms with van der Waals surface area (Å²) in [6, 6.07) is -0.116. The molecule has 1 aromatic heterocycles. The van der Waals surface area contributed by atoms with Crippen LogP contribution in [0.1, 0.15) is 34.7 Å². The van der Waals surface area contributed by atoms with E-state index in [4.69, 9.17) is 9.15 Å². The van der Waals surface area contributed by atoms with Gasteiger partial charge in [0.15, 0.2) is 0 Å². The number of sulfonamides is 1. The molecule has 1 aliphatic rings. The highest BCUT2D eigenvalue weighted by atomic mass is 32.2. The number of hydrogen-bond donors (Lipinski definition) is 1. The number of likely N-dealkylation sites (N-methyl/N-ethyl adjacent to an activating group) is 1. The fraction of sp³-hybridized carbons (Fsp3) is 0.643. The van der Waals surface area contributed by atoms with Gasteiger partial charge in [-0.2, -0.15) is 4.31 Å². The number of carbonyl (C=O) groups excluding carboxylic acids is 1. The van der Waals surface area contributed by atoms with Gasteiger partial charge in [-0.05, 0) is 33.7 Å². The van der Waals surface area contributed by atoms with E-state index in [0.717, 1.165) is 12.8 Å². The summed E-state index contributed by atoms with van der Waals surface area (Å²) in [5, 5.41) is 3.01. The van der Waals surface area contributed by atoms with Gasteiger partial charge in [0.05, 0.1) is 7.11 Å². The van der Waals surface area contributed by atoms with Crippen LogP contribution in [-0.2, 0) is 14.8 Å². The Bertz CT molecular complexity index is 665. The molecule has 1 N–H and O–H groups in total. The van der Waals surface area contributed by atoms with Crippen molar-refractivity contribution in [2.24, 2.45) is 0 Å². The first kappa shape index (κ1) is 17.0. The summed E-state index contributed by atoms with van der Waals surface area (Å²) in [5.74, 6) is -0.224. The van der Waals surface area contributed by atoms with E-state index in [1.54, 1.807) is 20.9 Å². The summed E-state index contributed by atoms with van der Waals surface area (Å²) in [7, 11) is -0.797. The molecule has 1 aliphatic heterocycles. The van der Waals surface area contributed by atoms with Crippen LogP contribution in [0.15, 0.2) is 9.31 Å². The van der Waals surface area contributed by atoms with E-state index in [1.807, 2.05) is 0 Å². The summed E-state index contributed by atoms with van der Waals surface area (Å²) < 4.78 is 37.6. The van der Waals surface area contributed by atoms with E-state index in [1.165, 1.54) is 11.4 Å². The first-order valence-electron chi connectivity index (χ1n) is 7.19. The lowest BCUT2D eigenvalue weighted by Gasteiger charge is -2.24. The molecule has 124 valence electrons. The maximum atomic E-state index is 13.0. The van der Waals surface area contributed by atoms with Crippen molar-refractivity contribution in [3.63, 3.8) is 0 Å². The molecule has 0 saturated carbocycles. The molecule has 8 heteroatoms. The molecular weight excluding hydrogens is 308 g/mol. The van der Waals surface area contributed by atoms with E-state index in [9.17, 15) is 13.2 Å². The lowest BCUT2D eigenvalue weighted by atomic mass is 10.2. The van der Waals surface area contributed by atoms with Crippen molar-refractivity contribution in [1.82, 2.24) is 9.62 Å². The molecule has 0 radical (unpaired) electrons. The van der Waals surface area contributed by atoms with E-state index >= 15 is 0 Å². The van der Waals surface area contributed by atoms with Crippen molar-refractivity contribution >= 4 is 16.0 Å². The second-order valence-corrected chi connectivity index (χ2v) is 7.21. The smallest absolute Gasteiger partial charge is 0.342 e. The number of nitrogens with zero attached hydrogens (tertiary/aromatic N) is 1. The van der Waals surface area contributed by atoms with Gasteiger partial charge in [0.1, 0.15) is 22.0 Å². The van der Waals surface area contributed by atoms with Crippen LogP contribution in [0.4, 0.5) is 0 Å². The number of hydrogen-bond acceptors (Lipinski definition) is 6. The Balaban J connectivity index is 2.52. The molecule has 1 fully saturated rings. The van der Waals surface area contributed by atoms with Crippen molar-refractivity contribution in [1.29, 1.82) is 0 Å². The van der Waals surface area contributed by atoms with Gasteiger partial charge in [-0.1, -0.05) is 0 Å². The van der Waals surface area contributed by atoms with Crippen molar-refractivity contribution in [2.45, 2.75) is 37.6 Å². The van der Waals surface area contributed by atoms with Gasteiger partial charge in [0.2, 0.25) is 10.0 Å². The van der Waals surface area contributed by atoms with Crippen molar-refractivity contribution < 1.29 is 22.4 Å². The Morgan fingerprint density at radius 3 is 2.68 bits per heavy atom. The minimum atomic E-state index is -3.81. The van der Waals surface area contributed by atoms with Crippen LogP contribution in [0.25, 0.3) is 0 Å². The SMILES string of the molecule is CNCC1CCCN1S(=O)(=O)c1c(C)oc(C)c1C(=O)OC. The number of carbonyl (C=O) groups is 1. The minimum absolute atomic E-state index is 0.00453. The third kappa shape index (κ3) is 2.78. The Kier molecular flexibility index (Phi) is 4.93. The standard InChI is InChI=1S/C14H22N2O5S/c1-9-12(14(17)20-4)13(10(2)21-9)22(18,19)16-7-5-6-11(16)8-15-3/h11,15H,5-8H2,1-4H3. The molecule has 1 atom stereocenters. The van der Waals surface area contributed by atoms with Crippen LogP contribution < -0.4 is 5.32 Å². The van der Waals surface area contributed by atoms with Crippen molar-refractivity contribution in [3.8, 4) is 0 Å². The normalized spacial score (nSPS) is 19.5. The number of aryl methyl sites for hydroxylation is 2. The van der Waals surface area contributed by atoms with E-state index in [2.05, 4.69) is 5.32 Å². The van der Waals surface area contributed by atoms with Gasteiger partial charge in [0.25, 0.3) is 0 Å². The molecule has 0 aromatic carbocycles. The predicted molar refractivity (Wildman–Crippen MR) is 80.4 cm³/mol.